The molecule has 17 heavy (non-hydrogen) atoms. The highest BCUT2D eigenvalue weighted by Gasteiger charge is 2.47. The molecule has 0 spiro atoms. The minimum Gasteiger partial charge on any atom is -0.412 e. The van der Waals surface area contributed by atoms with Gasteiger partial charge in [-0.1, -0.05) is 0 Å². The highest BCUT2D eigenvalue weighted by atomic mass is 28.4. The van der Waals surface area contributed by atoms with Gasteiger partial charge < -0.3 is 48.6 Å². The van der Waals surface area contributed by atoms with Crippen molar-refractivity contribution >= 4 is 27.1 Å². The van der Waals surface area contributed by atoms with Gasteiger partial charge in [-0.2, -0.15) is 0 Å². The van der Waals surface area contributed by atoms with Crippen LogP contribution in [0.4, 0.5) is 0 Å². The SMILES string of the molecule is O.O[Si](O)(O)ON(O[Si](O)(O)O)O[Si](O)(O)O. The minimum atomic E-state index is -5.37. The number of hydrogen-bond acceptors (Lipinski definition) is 13. The fraction of sp³-hybridized carbons (Fsp3) is 0. The van der Waals surface area contributed by atoms with Crippen molar-refractivity contribution in [2.75, 3.05) is 0 Å². The Morgan fingerprint density at radius 1 is 0.529 bits per heavy atom. The lowest BCUT2D eigenvalue weighted by Gasteiger charge is -2.25. The molecule has 0 atom stereocenters. The molecule has 0 heterocycles. The Morgan fingerprint density at radius 2 is 0.706 bits per heavy atom. The molecule has 106 valence electrons. The Kier molecular flexibility index (Phi) is 7.22. The van der Waals surface area contributed by atoms with Crippen molar-refractivity contribution < 1.29 is 62.2 Å². The molecule has 0 saturated heterocycles. The average Bonchev–Trinajstić information content (AvgIpc) is 1.70. The summed E-state index contributed by atoms with van der Waals surface area (Å²) >= 11 is 0. The Labute approximate surface area is 95.6 Å². The molecule has 0 aromatic heterocycles. The van der Waals surface area contributed by atoms with Crippen molar-refractivity contribution in [2.45, 2.75) is 0 Å². The second-order valence-corrected chi connectivity index (χ2v) is 6.21. The summed E-state index contributed by atoms with van der Waals surface area (Å²) in [6, 6.07) is 0. The first-order valence-electron chi connectivity index (χ1n) is 3.17. The summed E-state index contributed by atoms with van der Waals surface area (Å²) in [6.07, 6.45) is 0. The normalized spacial score (nSPS) is 13.8. The van der Waals surface area contributed by atoms with Crippen molar-refractivity contribution in [3.63, 3.8) is 0 Å². The molecule has 0 unspecified atom stereocenters. The Morgan fingerprint density at radius 3 is 0.824 bits per heavy atom. The van der Waals surface area contributed by atoms with Gasteiger partial charge in [0, 0.05) is 0 Å². The van der Waals surface area contributed by atoms with Gasteiger partial charge >= 0.3 is 27.1 Å². The molecule has 0 fully saturated rings. The summed E-state index contributed by atoms with van der Waals surface area (Å²) in [7, 11) is -16.1. The third-order valence-electron chi connectivity index (χ3n) is 0.591. The third-order valence-corrected chi connectivity index (χ3v) is 1.77. The van der Waals surface area contributed by atoms with Crippen molar-refractivity contribution in [3.05, 3.63) is 0 Å². The van der Waals surface area contributed by atoms with E-state index in [4.69, 9.17) is 43.2 Å². The van der Waals surface area contributed by atoms with Gasteiger partial charge in [0.05, 0.1) is 5.39 Å². The molecular weight excluding hydrogens is 306 g/mol. The zero-order valence-corrected chi connectivity index (χ0v) is 10.7. The summed E-state index contributed by atoms with van der Waals surface area (Å²) in [5.74, 6) is 0. The zero-order valence-electron chi connectivity index (χ0n) is 7.70. The van der Waals surface area contributed by atoms with Crippen LogP contribution in [0, 0.1) is 0 Å². The fourth-order valence-electron chi connectivity index (χ4n) is 0.356. The van der Waals surface area contributed by atoms with E-state index in [0.717, 1.165) is 0 Å². The maximum Gasteiger partial charge on any atom is 0.692 e. The molecule has 0 bridgehead atoms. The Hall–Kier alpha value is 0.0906. The predicted molar refractivity (Wildman–Crippen MR) is 45.9 cm³/mol. The lowest BCUT2D eigenvalue weighted by Crippen LogP contribution is -2.56. The molecule has 0 aromatic rings. The zero-order chi connectivity index (χ0) is 13.2. The third kappa shape index (κ3) is 14.0. The van der Waals surface area contributed by atoms with Crippen molar-refractivity contribution in [2.24, 2.45) is 0 Å². The van der Waals surface area contributed by atoms with Gasteiger partial charge in [0.2, 0.25) is 0 Å². The van der Waals surface area contributed by atoms with Crippen LogP contribution >= 0.6 is 0 Å². The standard InChI is InChI=1S/H9NO12Si3.H2O/c2-14(3,4)11-1(12-15(5,6)7)13-16(8,9)10;/h2-10H;1H2. The minimum absolute atomic E-state index is 0. The average molecular weight is 317 g/mol. The van der Waals surface area contributed by atoms with Gasteiger partial charge in [0.1, 0.15) is 0 Å². The molecule has 0 aliphatic carbocycles. The molecule has 0 saturated carbocycles. The lowest BCUT2D eigenvalue weighted by molar-refractivity contribution is -0.468. The molecule has 0 radical (unpaired) electrons. The van der Waals surface area contributed by atoms with Gasteiger partial charge in [0.15, 0.2) is 0 Å². The van der Waals surface area contributed by atoms with Gasteiger partial charge in [-0.05, 0) is 0 Å². The van der Waals surface area contributed by atoms with Crippen LogP contribution in [-0.4, -0.2) is 81.2 Å². The summed E-state index contributed by atoms with van der Waals surface area (Å²) in [5.41, 5.74) is 0. The first kappa shape index (κ1) is 19.4. The van der Waals surface area contributed by atoms with Crippen LogP contribution in [0.2, 0.25) is 0 Å². The second-order valence-electron chi connectivity index (χ2n) is 2.22. The van der Waals surface area contributed by atoms with Crippen LogP contribution in [-0.2, 0) is 13.6 Å². The van der Waals surface area contributed by atoms with E-state index in [9.17, 15) is 0 Å². The predicted octanol–water partition coefficient (Wildman–Crippen LogP) is -7.50. The Bertz CT molecular complexity index is 170. The highest BCUT2D eigenvalue weighted by molar-refractivity contribution is 6.50. The van der Waals surface area contributed by atoms with Crippen LogP contribution in [0.25, 0.3) is 0 Å². The van der Waals surface area contributed by atoms with Crippen LogP contribution < -0.4 is 0 Å². The van der Waals surface area contributed by atoms with Crippen LogP contribution in [0.5, 0.6) is 0 Å². The number of nitrogens with zero attached hydrogens (tertiary/aromatic N) is 1. The smallest absolute Gasteiger partial charge is 0.412 e. The highest BCUT2D eigenvalue weighted by Crippen LogP contribution is 2.07. The molecule has 0 amide bonds. The topological polar surface area (TPSA) is 244 Å². The van der Waals surface area contributed by atoms with E-state index in [1.165, 1.54) is 0 Å². The van der Waals surface area contributed by atoms with Crippen molar-refractivity contribution in [1.29, 1.82) is 0 Å². The Balaban J connectivity index is 0. The van der Waals surface area contributed by atoms with Gasteiger partial charge in [-0.15, -0.1) is 0 Å². The molecule has 0 aliphatic heterocycles. The van der Waals surface area contributed by atoms with Crippen molar-refractivity contribution in [1.82, 2.24) is 5.39 Å². The maximum absolute atomic E-state index is 8.35. The largest absolute Gasteiger partial charge is 0.692 e. The summed E-state index contributed by atoms with van der Waals surface area (Å²) in [6.45, 7) is 0. The monoisotopic (exact) mass is 317 g/mol. The van der Waals surface area contributed by atoms with Crippen LogP contribution in [0.1, 0.15) is 0 Å². The lowest BCUT2D eigenvalue weighted by atomic mass is 13.0. The fourth-order valence-corrected chi connectivity index (χ4v) is 1.40. The van der Waals surface area contributed by atoms with E-state index in [1.54, 1.807) is 0 Å². The molecular formula is H11NO13Si3. The second kappa shape index (κ2) is 6.31. The summed E-state index contributed by atoms with van der Waals surface area (Å²) in [5, 5.41) is -0.940. The van der Waals surface area contributed by atoms with Crippen LogP contribution in [0.15, 0.2) is 0 Å². The van der Waals surface area contributed by atoms with E-state index >= 15 is 0 Å². The molecule has 14 nitrogen and oxygen atoms in total. The van der Waals surface area contributed by atoms with E-state index in [0.29, 0.717) is 0 Å². The molecule has 0 rings (SSSR count). The molecule has 11 N–H and O–H groups in total. The van der Waals surface area contributed by atoms with E-state index in [-0.39, 0.29) is 5.48 Å². The maximum atomic E-state index is 8.35. The quantitative estimate of drug-likeness (QED) is 0.163. The summed E-state index contributed by atoms with van der Waals surface area (Å²) in [4.78, 5) is 75.1. The number of rotatable bonds is 6. The first-order valence-corrected chi connectivity index (χ1v) is 8.42. The molecule has 0 aliphatic rings. The first-order chi connectivity index (χ1) is 6.79. The van der Waals surface area contributed by atoms with E-state index in [1.807, 2.05) is 0 Å². The van der Waals surface area contributed by atoms with Gasteiger partial charge in [-0.3, -0.25) is 0 Å². The van der Waals surface area contributed by atoms with E-state index in [2.05, 4.69) is 13.6 Å². The van der Waals surface area contributed by atoms with Crippen LogP contribution in [0.3, 0.4) is 0 Å². The number of hydrogen-bond donors (Lipinski definition) is 9. The van der Waals surface area contributed by atoms with Gasteiger partial charge in [-0.25, -0.2) is 13.6 Å². The molecule has 17 heteroatoms. The van der Waals surface area contributed by atoms with E-state index < -0.39 is 32.5 Å². The van der Waals surface area contributed by atoms with Gasteiger partial charge in [0.25, 0.3) is 0 Å². The summed E-state index contributed by atoms with van der Waals surface area (Å²) < 4.78 is 10.5. The van der Waals surface area contributed by atoms with Crippen molar-refractivity contribution in [3.8, 4) is 0 Å². The molecule has 0 aromatic carbocycles.